The van der Waals surface area contributed by atoms with Crippen molar-refractivity contribution in [2.75, 3.05) is 6.61 Å². The van der Waals surface area contributed by atoms with Crippen LogP contribution in [0.1, 0.15) is 65.7 Å². The molecule has 1 spiro atoms. The van der Waals surface area contributed by atoms with Crippen molar-refractivity contribution in [1.29, 1.82) is 0 Å². The third-order valence-corrected chi connectivity index (χ3v) is 8.16. The SMILES string of the molecule is CC1(C)CCC[C@]2(C)[C@H]3CC[C+](CO)[C@H]4C=C[C@]43CC[C@@H]12. The van der Waals surface area contributed by atoms with E-state index in [0.717, 1.165) is 11.8 Å². The summed E-state index contributed by atoms with van der Waals surface area (Å²) in [7, 11) is 0. The van der Waals surface area contributed by atoms with Gasteiger partial charge >= 0.3 is 0 Å². The molecule has 3 saturated carbocycles. The van der Waals surface area contributed by atoms with Gasteiger partial charge in [0.1, 0.15) is 11.8 Å². The van der Waals surface area contributed by atoms with Gasteiger partial charge in [0.25, 0.3) is 0 Å². The van der Waals surface area contributed by atoms with Gasteiger partial charge in [0, 0.05) is 5.41 Å². The van der Waals surface area contributed by atoms with E-state index in [0.29, 0.717) is 28.8 Å². The van der Waals surface area contributed by atoms with Gasteiger partial charge in [-0.05, 0) is 60.8 Å². The summed E-state index contributed by atoms with van der Waals surface area (Å²) in [5.74, 6) is 3.78. The minimum Gasteiger partial charge on any atom is -0.356 e. The second-order valence-electron chi connectivity index (χ2n) is 9.30. The lowest BCUT2D eigenvalue weighted by molar-refractivity contribution is -0.149. The smallest absolute Gasteiger partial charge is 0.187 e. The molecule has 1 N–H and O–H groups in total. The van der Waals surface area contributed by atoms with E-state index in [4.69, 9.17) is 0 Å². The van der Waals surface area contributed by atoms with Crippen molar-refractivity contribution in [2.24, 2.45) is 34.0 Å². The van der Waals surface area contributed by atoms with Crippen LogP contribution < -0.4 is 0 Å². The topological polar surface area (TPSA) is 20.2 Å². The fourth-order valence-corrected chi connectivity index (χ4v) is 7.27. The highest BCUT2D eigenvalue weighted by atomic mass is 16.3. The Morgan fingerprint density at radius 3 is 2.57 bits per heavy atom. The van der Waals surface area contributed by atoms with Crippen molar-refractivity contribution < 1.29 is 5.11 Å². The van der Waals surface area contributed by atoms with E-state index in [9.17, 15) is 5.11 Å². The van der Waals surface area contributed by atoms with E-state index in [1.54, 1.807) is 0 Å². The third-order valence-electron chi connectivity index (χ3n) is 8.16. The average molecular weight is 287 g/mol. The van der Waals surface area contributed by atoms with E-state index in [2.05, 4.69) is 32.9 Å². The molecule has 0 heterocycles. The van der Waals surface area contributed by atoms with Crippen LogP contribution in [0, 0.1) is 39.9 Å². The van der Waals surface area contributed by atoms with Crippen LogP contribution in [0.4, 0.5) is 0 Å². The molecule has 21 heavy (non-hydrogen) atoms. The molecule has 4 rings (SSSR count). The van der Waals surface area contributed by atoms with Gasteiger partial charge in [0.2, 0.25) is 0 Å². The molecule has 116 valence electrons. The van der Waals surface area contributed by atoms with Crippen LogP contribution in [0.25, 0.3) is 0 Å². The predicted octanol–water partition coefficient (Wildman–Crippen LogP) is 4.76. The zero-order valence-corrected chi connectivity index (χ0v) is 14.0. The van der Waals surface area contributed by atoms with Gasteiger partial charge < -0.3 is 5.11 Å². The van der Waals surface area contributed by atoms with Gasteiger partial charge in [0.15, 0.2) is 6.61 Å². The van der Waals surface area contributed by atoms with Crippen LogP contribution in [0.2, 0.25) is 0 Å². The standard InChI is InChI=1S/C20H31O/c1-18(2)9-4-10-19(3)16(18)8-12-20-11-7-15(20)14(13-21)5-6-17(19)20/h7,11,15-17,21H,4-6,8-10,12-13H2,1-3H3/q+1/t15-,16+,17-,19+,20+/m1/s1. The molecule has 4 aliphatic rings. The molecular formula is C20H31O+. The molecule has 0 aliphatic heterocycles. The molecule has 0 unspecified atom stereocenters. The van der Waals surface area contributed by atoms with Gasteiger partial charge in [-0.25, -0.2) is 0 Å². The number of aliphatic hydroxyl groups excluding tert-OH is 1. The number of fused-ring (bicyclic) bond motifs is 2. The fourth-order valence-electron chi connectivity index (χ4n) is 7.27. The van der Waals surface area contributed by atoms with Crippen molar-refractivity contribution in [3.63, 3.8) is 0 Å². The van der Waals surface area contributed by atoms with Crippen LogP contribution >= 0.6 is 0 Å². The Labute approximate surface area is 130 Å². The summed E-state index contributed by atoms with van der Waals surface area (Å²) in [5, 5.41) is 9.71. The first-order valence-corrected chi connectivity index (χ1v) is 9.09. The number of allylic oxidation sites excluding steroid dienone is 2. The van der Waals surface area contributed by atoms with Crippen LogP contribution in [0.3, 0.4) is 0 Å². The molecule has 0 radical (unpaired) electrons. The van der Waals surface area contributed by atoms with E-state index >= 15 is 0 Å². The highest BCUT2D eigenvalue weighted by Gasteiger charge is 2.68. The number of rotatable bonds is 1. The van der Waals surface area contributed by atoms with Crippen molar-refractivity contribution in [3.8, 4) is 0 Å². The number of aliphatic hydroxyl groups is 1. The summed E-state index contributed by atoms with van der Waals surface area (Å²) < 4.78 is 0. The molecular weight excluding hydrogens is 256 g/mol. The minimum absolute atomic E-state index is 0.315. The molecule has 0 aromatic carbocycles. The van der Waals surface area contributed by atoms with Crippen LogP contribution in [0.5, 0.6) is 0 Å². The molecule has 4 aliphatic carbocycles. The Kier molecular flexibility index (Phi) is 2.91. The summed E-state index contributed by atoms with van der Waals surface area (Å²) in [4.78, 5) is 0. The maximum atomic E-state index is 9.71. The van der Waals surface area contributed by atoms with E-state index in [1.807, 2.05) is 0 Å². The summed E-state index contributed by atoms with van der Waals surface area (Å²) in [6, 6.07) is 0. The Bertz CT molecular complexity index is 464. The normalized spacial score (nSPS) is 50.7. The highest BCUT2D eigenvalue weighted by Crippen LogP contribution is 2.72. The zero-order valence-electron chi connectivity index (χ0n) is 14.0. The molecule has 0 amide bonds. The van der Waals surface area contributed by atoms with Gasteiger partial charge in [-0.1, -0.05) is 33.3 Å². The number of hydrogen-bond acceptors (Lipinski definition) is 1. The van der Waals surface area contributed by atoms with Crippen LogP contribution in [0.15, 0.2) is 12.2 Å². The molecule has 5 atom stereocenters. The van der Waals surface area contributed by atoms with Gasteiger partial charge in [-0.2, -0.15) is 0 Å². The Balaban J connectivity index is 1.72. The van der Waals surface area contributed by atoms with Gasteiger partial charge in [0.05, 0.1) is 6.42 Å². The van der Waals surface area contributed by atoms with Crippen molar-refractivity contribution >= 4 is 0 Å². The quantitative estimate of drug-likeness (QED) is 0.544. The summed E-state index contributed by atoms with van der Waals surface area (Å²) in [6.45, 7) is 7.98. The number of hydrogen-bond donors (Lipinski definition) is 1. The van der Waals surface area contributed by atoms with Crippen LogP contribution in [-0.4, -0.2) is 11.7 Å². The maximum Gasteiger partial charge on any atom is 0.187 e. The second-order valence-corrected chi connectivity index (χ2v) is 9.30. The average Bonchev–Trinajstić information content (AvgIpc) is 2.40. The second kappa shape index (κ2) is 4.31. The summed E-state index contributed by atoms with van der Waals surface area (Å²) in [5.41, 5.74) is 1.48. The van der Waals surface area contributed by atoms with Crippen molar-refractivity contribution in [3.05, 3.63) is 18.1 Å². The van der Waals surface area contributed by atoms with E-state index < -0.39 is 0 Å². The molecule has 0 saturated heterocycles. The highest BCUT2D eigenvalue weighted by molar-refractivity contribution is 5.33. The largest absolute Gasteiger partial charge is 0.356 e. The lowest BCUT2D eigenvalue weighted by atomic mass is 9.36. The molecule has 1 heteroatoms. The molecule has 0 aromatic rings. The summed E-state index contributed by atoms with van der Waals surface area (Å²) >= 11 is 0. The van der Waals surface area contributed by atoms with E-state index in [-0.39, 0.29) is 0 Å². The van der Waals surface area contributed by atoms with E-state index in [1.165, 1.54) is 50.9 Å². The molecule has 1 nitrogen and oxygen atoms in total. The van der Waals surface area contributed by atoms with Crippen LogP contribution in [-0.2, 0) is 0 Å². The monoisotopic (exact) mass is 287 g/mol. The molecule has 0 bridgehead atoms. The van der Waals surface area contributed by atoms with Crippen molar-refractivity contribution in [1.82, 2.24) is 0 Å². The molecule has 3 fully saturated rings. The maximum absolute atomic E-state index is 9.71. The predicted molar refractivity (Wildman–Crippen MR) is 86.6 cm³/mol. The lowest BCUT2D eigenvalue weighted by Gasteiger charge is -2.66. The minimum atomic E-state index is 0.315. The first kappa shape index (κ1) is 14.2. The van der Waals surface area contributed by atoms with Crippen molar-refractivity contribution in [2.45, 2.75) is 65.7 Å². The first-order valence-electron chi connectivity index (χ1n) is 9.09. The first-order chi connectivity index (χ1) is 9.94. The summed E-state index contributed by atoms with van der Waals surface area (Å²) in [6.07, 6.45) is 14.5. The Morgan fingerprint density at radius 2 is 1.90 bits per heavy atom. The zero-order chi connectivity index (χ0) is 14.9. The van der Waals surface area contributed by atoms with Gasteiger partial charge in [-0.15, -0.1) is 0 Å². The Hall–Kier alpha value is -0.430. The van der Waals surface area contributed by atoms with Gasteiger partial charge in [-0.3, -0.25) is 0 Å². The molecule has 0 aromatic heterocycles. The Morgan fingerprint density at radius 1 is 1.10 bits per heavy atom. The third kappa shape index (κ3) is 1.65. The lowest BCUT2D eigenvalue weighted by Crippen LogP contribution is -2.61. The fraction of sp³-hybridized carbons (Fsp3) is 0.850.